The number of hydrogen-bond donors (Lipinski definition) is 3. The third-order valence-corrected chi connectivity index (χ3v) is 2.18. The molecule has 0 bridgehead atoms. The molecule has 1 aromatic rings. The van der Waals surface area contributed by atoms with Crippen LogP contribution in [0.5, 0.6) is 0 Å². The number of nitrogens with two attached hydrogens (primary N) is 1. The van der Waals surface area contributed by atoms with Gasteiger partial charge < -0.3 is 16.2 Å². The summed E-state index contributed by atoms with van der Waals surface area (Å²) >= 11 is 0. The average molecular weight is 219 g/mol. The van der Waals surface area contributed by atoms with Crippen molar-refractivity contribution in [2.24, 2.45) is 5.73 Å². The molecule has 84 valence electrons. The van der Waals surface area contributed by atoms with Gasteiger partial charge in [0.2, 0.25) is 0 Å². The van der Waals surface area contributed by atoms with Crippen LogP contribution in [-0.4, -0.2) is 23.8 Å². The number of carbonyl (C=O) groups is 1. The maximum Gasteiger partial charge on any atom is 0.404 e. The van der Waals surface area contributed by atoms with Crippen molar-refractivity contribution >= 4 is 6.09 Å². The van der Waals surface area contributed by atoms with Gasteiger partial charge in [0.05, 0.1) is 11.6 Å². The number of benzene rings is 1. The predicted molar refractivity (Wildman–Crippen MR) is 58.9 cm³/mol. The zero-order chi connectivity index (χ0) is 12.0. The first-order chi connectivity index (χ1) is 7.65. The maximum atomic E-state index is 10.4. The van der Waals surface area contributed by atoms with Crippen LogP contribution < -0.4 is 11.1 Å². The number of nitrogens with zero attached hydrogens (tertiary/aromatic N) is 1. The second-order valence-electron chi connectivity index (χ2n) is 3.39. The number of hydrogen-bond acceptors (Lipinski definition) is 3. The molecule has 1 aromatic carbocycles. The van der Waals surface area contributed by atoms with E-state index in [-0.39, 0.29) is 12.6 Å². The molecule has 0 aliphatic heterocycles. The average Bonchev–Trinajstić information content (AvgIpc) is 2.28. The van der Waals surface area contributed by atoms with Crippen LogP contribution >= 0.6 is 0 Å². The van der Waals surface area contributed by atoms with Crippen LogP contribution in [0.1, 0.15) is 11.1 Å². The van der Waals surface area contributed by atoms with E-state index in [0.29, 0.717) is 12.0 Å². The Hall–Kier alpha value is -2.06. The van der Waals surface area contributed by atoms with Gasteiger partial charge in [-0.1, -0.05) is 12.1 Å². The molecule has 1 atom stereocenters. The van der Waals surface area contributed by atoms with Gasteiger partial charge in [0.1, 0.15) is 0 Å². The summed E-state index contributed by atoms with van der Waals surface area (Å²) in [7, 11) is 0. The highest BCUT2D eigenvalue weighted by Crippen LogP contribution is 2.05. The number of rotatable bonds is 4. The molecule has 0 aromatic heterocycles. The topological polar surface area (TPSA) is 99.1 Å². The molecule has 0 heterocycles. The van der Waals surface area contributed by atoms with Crippen molar-refractivity contribution in [1.29, 1.82) is 5.26 Å². The summed E-state index contributed by atoms with van der Waals surface area (Å²) in [4.78, 5) is 10.4. The molecule has 0 saturated carbocycles. The normalized spacial score (nSPS) is 11.5. The minimum atomic E-state index is -1.08. The second kappa shape index (κ2) is 5.73. The smallest absolute Gasteiger partial charge is 0.404 e. The first-order valence-corrected chi connectivity index (χ1v) is 4.84. The van der Waals surface area contributed by atoms with Crippen LogP contribution in [0.2, 0.25) is 0 Å². The molecule has 0 fully saturated rings. The van der Waals surface area contributed by atoms with E-state index in [0.717, 1.165) is 5.56 Å². The zero-order valence-electron chi connectivity index (χ0n) is 8.68. The minimum absolute atomic E-state index is 0.242. The molecule has 1 amide bonds. The van der Waals surface area contributed by atoms with Crippen molar-refractivity contribution in [3.8, 4) is 6.07 Å². The maximum absolute atomic E-state index is 10.4. The summed E-state index contributed by atoms with van der Waals surface area (Å²) in [5, 5.41) is 19.5. The van der Waals surface area contributed by atoms with Crippen molar-refractivity contribution in [2.45, 2.75) is 12.5 Å². The SMILES string of the molecule is N#Cc1ccc(C[C@H](CN)NC(=O)O)cc1. The van der Waals surface area contributed by atoms with Gasteiger partial charge >= 0.3 is 6.09 Å². The van der Waals surface area contributed by atoms with Crippen LogP contribution in [-0.2, 0) is 6.42 Å². The van der Waals surface area contributed by atoms with E-state index >= 15 is 0 Å². The lowest BCUT2D eigenvalue weighted by molar-refractivity contribution is 0.190. The first-order valence-electron chi connectivity index (χ1n) is 4.84. The molecule has 0 unspecified atom stereocenters. The fraction of sp³-hybridized carbons (Fsp3) is 0.273. The van der Waals surface area contributed by atoms with Gasteiger partial charge in [-0.25, -0.2) is 4.79 Å². The fourth-order valence-electron chi connectivity index (χ4n) is 1.37. The van der Waals surface area contributed by atoms with Crippen molar-refractivity contribution in [3.63, 3.8) is 0 Å². The quantitative estimate of drug-likeness (QED) is 0.693. The third-order valence-electron chi connectivity index (χ3n) is 2.18. The Morgan fingerprint density at radius 1 is 1.50 bits per heavy atom. The van der Waals surface area contributed by atoms with E-state index in [1.165, 1.54) is 0 Å². The Bertz CT molecular complexity index is 395. The Labute approximate surface area is 93.5 Å². The molecule has 16 heavy (non-hydrogen) atoms. The van der Waals surface area contributed by atoms with Crippen molar-refractivity contribution in [3.05, 3.63) is 35.4 Å². The van der Waals surface area contributed by atoms with Crippen LogP contribution in [0.3, 0.4) is 0 Å². The third kappa shape index (κ3) is 3.59. The number of carboxylic acid groups (broad SMARTS) is 1. The van der Waals surface area contributed by atoms with Crippen LogP contribution in [0.15, 0.2) is 24.3 Å². The van der Waals surface area contributed by atoms with Crippen molar-refractivity contribution in [2.75, 3.05) is 6.54 Å². The highest BCUT2D eigenvalue weighted by Gasteiger charge is 2.09. The van der Waals surface area contributed by atoms with Gasteiger partial charge in [0, 0.05) is 12.6 Å². The zero-order valence-corrected chi connectivity index (χ0v) is 8.68. The van der Waals surface area contributed by atoms with E-state index in [2.05, 4.69) is 5.32 Å². The molecule has 1 rings (SSSR count). The molecular formula is C11H13N3O2. The minimum Gasteiger partial charge on any atom is -0.465 e. The summed E-state index contributed by atoms with van der Waals surface area (Å²) in [6, 6.07) is 8.71. The van der Waals surface area contributed by atoms with Gasteiger partial charge in [-0.2, -0.15) is 5.26 Å². The van der Waals surface area contributed by atoms with E-state index in [1.807, 2.05) is 6.07 Å². The van der Waals surface area contributed by atoms with E-state index in [9.17, 15) is 4.79 Å². The summed E-state index contributed by atoms with van der Waals surface area (Å²) < 4.78 is 0. The van der Waals surface area contributed by atoms with Crippen LogP contribution in [0.25, 0.3) is 0 Å². The monoisotopic (exact) mass is 219 g/mol. The molecular weight excluding hydrogens is 206 g/mol. The molecule has 0 spiro atoms. The molecule has 4 N–H and O–H groups in total. The lowest BCUT2D eigenvalue weighted by Crippen LogP contribution is -2.40. The fourth-order valence-corrected chi connectivity index (χ4v) is 1.37. The Morgan fingerprint density at radius 3 is 2.56 bits per heavy atom. The number of amides is 1. The van der Waals surface area contributed by atoms with Gasteiger partial charge in [0.25, 0.3) is 0 Å². The van der Waals surface area contributed by atoms with Crippen molar-refractivity contribution < 1.29 is 9.90 Å². The highest BCUT2D eigenvalue weighted by atomic mass is 16.4. The molecule has 0 aliphatic rings. The molecule has 0 radical (unpaired) electrons. The lowest BCUT2D eigenvalue weighted by Gasteiger charge is -2.14. The lowest BCUT2D eigenvalue weighted by atomic mass is 10.0. The highest BCUT2D eigenvalue weighted by molar-refractivity contribution is 5.64. The Kier molecular flexibility index (Phi) is 4.30. The first kappa shape index (κ1) is 12.0. The van der Waals surface area contributed by atoms with Gasteiger partial charge in [-0.15, -0.1) is 0 Å². The molecule has 5 heteroatoms. The summed E-state index contributed by atoms with van der Waals surface area (Å²) in [5.74, 6) is 0. The molecule has 0 aliphatic carbocycles. The standard InChI is InChI=1S/C11H13N3O2/c12-6-9-3-1-8(2-4-9)5-10(7-13)14-11(15)16/h1-4,10,14H,5,7,13H2,(H,15,16)/t10-/m1/s1. The van der Waals surface area contributed by atoms with E-state index < -0.39 is 6.09 Å². The Balaban J connectivity index is 2.63. The molecule has 0 saturated heterocycles. The number of nitrogens with one attached hydrogen (secondary N) is 1. The molecule has 5 nitrogen and oxygen atoms in total. The Morgan fingerprint density at radius 2 is 2.12 bits per heavy atom. The van der Waals surface area contributed by atoms with Crippen LogP contribution in [0.4, 0.5) is 4.79 Å². The summed E-state index contributed by atoms with van der Waals surface area (Å²) in [5.41, 5.74) is 6.98. The van der Waals surface area contributed by atoms with Gasteiger partial charge in [-0.3, -0.25) is 0 Å². The summed E-state index contributed by atoms with van der Waals surface area (Å²) in [6.45, 7) is 0.242. The van der Waals surface area contributed by atoms with Gasteiger partial charge in [0.15, 0.2) is 0 Å². The van der Waals surface area contributed by atoms with Crippen molar-refractivity contribution in [1.82, 2.24) is 5.32 Å². The summed E-state index contributed by atoms with van der Waals surface area (Å²) in [6.07, 6.45) is -0.557. The predicted octanol–water partition coefficient (Wildman–Crippen LogP) is 0.696. The number of nitriles is 1. The van der Waals surface area contributed by atoms with Gasteiger partial charge in [-0.05, 0) is 24.1 Å². The van der Waals surface area contributed by atoms with Crippen LogP contribution in [0, 0.1) is 11.3 Å². The van der Waals surface area contributed by atoms with E-state index in [4.69, 9.17) is 16.1 Å². The second-order valence-corrected chi connectivity index (χ2v) is 3.39. The van der Waals surface area contributed by atoms with E-state index in [1.54, 1.807) is 24.3 Å². The largest absolute Gasteiger partial charge is 0.465 e.